The summed E-state index contributed by atoms with van der Waals surface area (Å²) in [6, 6.07) is 0. The van der Waals surface area contributed by atoms with E-state index in [9.17, 15) is 15.3 Å². The average Bonchev–Trinajstić information content (AvgIpc) is 1.95. The zero-order valence-electron chi connectivity index (χ0n) is 8.36. The maximum atomic E-state index is 9.66. The first-order valence-electron chi connectivity index (χ1n) is 4.64. The Bertz CT molecular complexity index is 218. The predicted octanol–water partition coefficient (Wildman–Crippen LogP) is 0.445. The van der Waals surface area contributed by atoms with Crippen LogP contribution < -0.4 is 0 Å². The average molecular weight is 186 g/mol. The summed E-state index contributed by atoms with van der Waals surface area (Å²) in [5.41, 5.74) is -0.378. The first-order valence-corrected chi connectivity index (χ1v) is 4.64. The molecule has 1 aliphatic rings. The van der Waals surface area contributed by atoms with Gasteiger partial charge in [-0.05, 0) is 18.4 Å². The molecule has 0 unspecified atom stereocenters. The van der Waals surface area contributed by atoms with Crippen molar-refractivity contribution < 1.29 is 15.3 Å². The van der Waals surface area contributed by atoms with Gasteiger partial charge in [0.15, 0.2) is 0 Å². The van der Waals surface area contributed by atoms with E-state index in [4.69, 9.17) is 0 Å². The van der Waals surface area contributed by atoms with E-state index in [2.05, 4.69) is 0 Å². The van der Waals surface area contributed by atoms with Crippen LogP contribution in [0.1, 0.15) is 27.2 Å². The van der Waals surface area contributed by atoms with Gasteiger partial charge in [0.2, 0.25) is 0 Å². The standard InChI is InChI=1S/C10H18O3/c1-6(2)7-4-9(12)10(3,13)5-8(7)11/h4,6,8-9,11-13H,5H2,1-3H3/t8-,9-,10+/m0/s1. The molecular weight excluding hydrogens is 168 g/mol. The normalized spacial score (nSPS) is 40.7. The lowest BCUT2D eigenvalue weighted by atomic mass is 9.79. The van der Waals surface area contributed by atoms with E-state index in [1.54, 1.807) is 6.08 Å². The van der Waals surface area contributed by atoms with Gasteiger partial charge in [-0.15, -0.1) is 0 Å². The summed E-state index contributed by atoms with van der Waals surface area (Å²) < 4.78 is 0. The van der Waals surface area contributed by atoms with Crippen molar-refractivity contribution in [1.82, 2.24) is 0 Å². The molecule has 0 aromatic heterocycles. The van der Waals surface area contributed by atoms with E-state index in [-0.39, 0.29) is 12.3 Å². The van der Waals surface area contributed by atoms with Crippen molar-refractivity contribution in [2.45, 2.75) is 45.0 Å². The van der Waals surface area contributed by atoms with Gasteiger partial charge in [-0.1, -0.05) is 19.9 Å². The van der Waals surface area contributed by atoms with E-state index < -0.39 is 17.8 Å². The van der Waals surface area contributed by atoms with E-state index in [1.807, 2.05) is 13.8 Å². The lowest BCUT2D eigenvalue weighted by Gasteiger charge is -2.36. The first kappa shape index (κ1) is 10.7. The van der Waals surface area contributed by atoms with Crippen LogP contribution in [0.3, 0.4) is 0 Å². The minimum atomic E-state index is -1.20. The highest BCUT2D eigenvalue weighted by Crippen LogP contribution is 2.31. The topological polar surface area (TPSA) is 60.7 Å². The van der Waals surface area contributed by atoms with Crippen LogP contribution in [0.4, 0.5) is 0 Å². The second-order valence-electron chi connectivity index (χ2n) is 4.34. The quantitative estimate of drug-likeness (QED) is 0.521. The van der Waals surface area contributed by atoms with Gasteiger partial charge in [0.25, 0.3) is 0 Å². The zero-order chi connectivity index (χ0) is 10.2. The minimum absolute atomic E-state index is 0.207. The van der Waals surface area contributed by atoms with Crippen molar-refractivity contribution in [2.24, 2.45) is 5.92 Å². The summed E-state index contributed by atoms with van der Waals surface area (Å²) in [6.07, 6.45) is 0.281. The molecular formula is C10H18O3. The molecule has 0 saturated carbocycles. The Morgan fingerprint density at radius 2 is 2.00 bits per heavy atom. The summed E-state index contributed by atoms with van der Waals surface area (Å²) >= 11 is 0. The van der Waals surface area contributed by atoms with Crippen molar-refractivity contribution in [3.05, 3.63) is 11.6 Å². The Labute approximate surface area is 78.7 Å². The van der Waals surface area contributed by atoms with Crippen LogP contribution in [0.5, 0.6) is 0 Å². The SMILES string of the molecule is CC(C)C1=C[C@H](O)[C@](C)(O)C[C@@H]1O. The molecule has 3 heteroatoms. The third kappa shape index (κ3) is 2.10. The van der Waals surface area contributed by atoms with Gasteiger partial charge >= 0.3 is 0 Å². The monoisotopic (exact) mass is 186 g/mol. The van der Waals surface area contributed by atoms with Crippen molar-refractivity contribution >= 4 is 0 Å². The molecule has 0 heterocycles. The van der Waals surface area contributed by atoms with Crippen LogP contribution in [0, 0.1) is 5.92 Å². The first-order chi connectivity index (χ1) is 5.84. The molecule has 0 radical (unpaired) electrons. The molecule has 0 aromatic rings. The molecule has 0 amide bonds. The molecule has 0 fully saturated rings. The van der Waals surface area contributed by atoms with Gasteiger partial charge in [0.05, 0.1) is 11.7 Å². The fraction of sp³-hybridized carbons (Fsp3) is 0.800. The molecule has 0 bridgehead atoms. The summed E-state index contributed by atoms with van der Waals surface area (Å²) in [5, 5.41) is 28.8. The van der Waals surface area contributed by atoms with E-state index in [0.717, 1.165) is 5.57 Å². The summed E-state index contributed by atoms with van der Waals surface area (Å²) in [5.74, 6) is 0.209. The third-order valence-electron chi connectivity index (χ3n) is 2.65. The molecule has 1 aliphatic carbocycles. The molecule has 3 N–H and O–H groups in total. The van der Waals surface area contributed by atoms with Gasteiger partial charge in [0, 0.05) is 6.42 Å². The number of hydrogen-bond acceptors (Lipinski definition) is 3. The van der Waals surface area contributed by atoms with Gasteiger partial charge < -0.3 is 15.3 Å². The van der Waals surface area contributed by atoms with Crippen LogP contribution >= 0.6 is 0 Å². The summed E-state index contributed by atoms with van der Waals surface area (Å²) in [7, 11) is 0. The van der Waals surface area contributed by atoms with Gasteiger partial charge in [-0.3, -0.25) is 0 Å². The molecule has 0 aliphatic heterocycles. The second kappa shape index (κ2) is 3.40. The fourth-order valence-corrected chi connectivity index (χ4v) is 1.68. The van der Waals surface area contributed by atoms with Gasteiger partial charge in [-0.2, -0.15) is 0 Å². The highest BCUT2D eigenvalue weighted by molar-refractivity contribution is 5.20. The second-order valence-corrected chi connectivity index (χ2v) is 4.34. The van der Waals surface area contributed by atoms with E-state index in [1.165, 1.54) is 6.92 Å². The van der Waals surface area contributed by atoms with Crippen molar-refractivity contribution in [3.8, 4) is 0 Å². The van der Waals surface area contributed by atoms with Crippen LogP contribution in [-0.4, -0.2) is 33.1 Å². The van der Waals surface area contributed by atoms with E-state index in [0.29, 0.717) is 0 Å². The van der Waals surface area contributed by atoms with Crippen LogP contribution in [0.2, 0.25) is 0 Å². The Balaban J connectivity index is 2.90. The molecule has 3 atom stereocenters. The number of hydrogen-bond donors (Lipinski definition) is 3. The van der Waals surface area contributed by atoms with E-state index >= 15 is 0 Å². The largest absolute Gasteiger partial charge is 0.389 e. The summed E-state index contributed by atoms with van der Waals surface area (Å²) in [4.78, 5) is 0. The Hall–Kier alpha value is -0.380. The molecule has 3 nitrogen and oxygen atoms in total. The minimum Gasteiger partial charge on any atom is -0.389 e. The fourth-order valence-electron chi connectivity index (χ4n) is 1.68. The zero-order valence-corrected chi connectivity index (χ0v) is 8.36. The molecule has 0 saturated heterocycles. The maximum Gasteiger partial charge on any atom is 0.101 e. The molecule has 1 rings (SSSR count). The summed E-state index contributed by atoms with van der Waals surface area (Å²) in [6.45, 7) is 5.46. The van der Waals surface area contributed by atoms with Crippen LogP contribution in [-0.2, 0) is 0 Å². The molecule has 76 valence electrons. The van der Waals surface area contributed by atoms with Crippen molar-refractivity contribution in [3.63, 3.8) is 0 Å². The third-order valence-corrected chi connectivity index (χ3v) is 2.65. The maximum absolute atomic E-state index is 9.66. The molecule has 0 aromatic carbocycles. The number of aliphatic hydroxyl groups excluding tert-OH is 2. The smallest absolute Gasteiger partial charge is 0.101 e. The van der Waals surface area contributed by atoms with Crippen LogP contribution in [0.25, 0.3) is 0 Å². The van der Waals surface area contributed by atoms with Crippen LogP contribution in [0.15, 0.2) is 11.6 Å². The Morgan fingerprint density at radius 1 is 1.46 bits per heavy atom. The number of aliphatic hydroxyl groups is 3. The predicted molar refractivity (Wildman–Crippen MR) is 50.2 cm³/mol. The lowest BCUT2D eigenvalue weighted by molar-refractivity contribution is -0.0731. The van der Waals surface area contributed by atoms with Crippen molar-refractivity contribution in [1.29, 1.82) is 0 Å². The highest BCUT2D eigenvalue weighted by Gasteiger charge is 2.37. The molecule has 0 spiro atoms. The Kier molecular flexibility index (Phi) is 2.80. The number of rotatable bonds is 1. The van der Waals surface area contributed by atoms with Gasteiger partial charge in [-0.25, -0.2) is 0 Å². The molecule has 13 heavy (non-hydrogen) atoms. The lowest BCUT2D eigenvalue weighted by Crippen LogP contribution is -2.45. The van der Waals surface area contributed by atoms with Gasteiger partial charge in [0.1, 0.15) is 6.10 Å². The Morgan fingerprint density at radius 3 is 2.46 bits per heavy atom. The highest BCUT2D eigenvalue weighted by atomic mass is 16.3. The van der Waals surface area contributed by atoms with Crippen molar-refractivity contribution in [2.75, 3.05) is 0 Å².